The summed E-state index contributed by atoms with van der Waals surface area (Å²) in [6.07, 6.45) is 0. The highest BCUT2D eigenvalue weighted by Gasteiger charge is 2.20. The molecule has 4 heteroatoms. The van der Waals surface area contributed by atoms with Crippen LogP contribution in [0.1, 0.15) is 0 Å². The van der Waals surface area contributed by atoms with Gasteiger partial charge in [-0.25, -0.2) is 15.0 Å². The number of nitrogens with zero attached hydrogens (tertiary/aromatic N) is 3. The Bertz CT molecular complexity index is 3300. The first-order chi connectivity index (χ1) is 28.3. The summed E-state index contributed by atoms with van der Waals surface area (Å²) in [6, 6.07) is 71.2. The number of hydrogen-bond donors (Lipinski definition) is 0. The fourth-order valence-corrected chi connectivity index (χ4v) is 9.48. The summed E-state index contributed by atoms with van der Waals surface area (Å²) in [5.74, 6) is 1.96. The minimum absolute atomic E-state index is 0.647. The molecule has 57 heavy (non-hydrogen) atoms. The standard InChI is InChI=1S/C53H33N3S/c1-3-15-34(16-4-1)37-20-13-21-38(33-37)40-30-29-35-17-7-8-22-39(35)49(40)44-31-32-46(42-24-10-9-23-41(42)44)52-54-51(36-18-5-2-6-19-36)55-53(56-52)47-27-14-26-45-43-25-11-12-28-48(43)57-50(45)47/h1-33H. The Balaban J connectivity index is 1.14. The van der Waals surface area contributed by atoms with Crippen molar-refractivity contribution in [2.24, 2.45) is 0 Å². The third-order valence-corrected chi connectivity index (χ3v) is 12.2. The summed E-state index contributed by atoms with van der Waals surface area (Å²) in [7, 11) is 0. The molecule has 0 spiro atoms. The number of rotatable bonds is 6. The first-order valence-corrected chi connectivity index (χ1v) is 20.0. The van der Waals surface area contributed by atoms with Crippen LogP contribution in [0.25, 0.3) is 109 Å². The van der Waals surface area contributed by atoms with Gasteiger partial charge in [-0.05, 0) is 79.2 Å². The Kier molecular flexibility index (Phi) is 8.01. The summed E-state index contributed by atoms with van der Waals surface area (Å²) in [5.41, 5.74) is 10.1. The molecule has 0 unspecified atom stereocenters. The first-order valence-electron chi connectivity index (χ1n) is 19.2. The molecule has 11 rings (SSSR count). The van der Waals surface area contributed by atoms with Crippen molar-refractivity contribution in [3.8, 4) is 67.5 Å². The molecular weight excluding hydrogens is 711 g/mol. The molecule has 0 aliphatic carbocycles. The van der Waals surface area contributed by atoms with E-state index in [1.165, 1.54) is 64.3 Å². The number of hydrogen-bond acceptors (Lipinski definition) is 4. The number of fused-ring (bicyclic) bond motifs is 5. The maximum atomic E-state index is 5.31. The Morgan fingerprint density at radius 1 is 0.298 bits per heavy atom. The van der Waals surface area contributed by atoms with Crippen LogP contribution in [-0.2, 0) is 0 Å². The molecule has 0 bridgehead atoms. The first kappa shape index (κ1) is 33.1. The second kappa shape index (κ2) is 13.8. The van der Waals surface area contributed by atoms with Gasteiger partial charge in [-0.3, -0.25) is 0 Å². The van der Waals surface area contributed by atoms with Gasteiger partial charge < -0.3 is 0 Å². The van der Waals surface area contributed by atoms with E-state index in [0.717, 1.165) is 27.5 Å². The zero-order valence-electron chi connectivity index (χ0n) is 30.8. The fourth-order valence-electron chi connectivity index (χ4n) is 8.27. The van der Waals surface area contributed by atoms with Crippen LogP contribution in [-0.4, -0.2) is 15.0 Å². The summed E-state index contributed by atoms with van der Waals surface area (Å²) in [4.78, 5) is 15.7. The lowest BCUT2D eigenvalue weighted by Gasteiger charge is -2.18. The van der Waals surface area contributed by atoms with Gasteiger partial charge in [0, 0.05) is 36.9 Å². The normalized spacial score (nSPS) is 11.5. The molecule has 0 aliphatic heterocycles. The molecule has 0 N–H and O–H groups in total. The van der Waals surface area contributed by atoms with E-state index < -0.39 is 0 Å². The highest BCUT2D eigenvalue weighted by molar-refractivity contribution is 7.26. The van der Waals surface area contributed by atoms with E-state index in [4.69, 9.17) is 15.0 Å². The number of benzene rings is 9. The van der Waals surface area contributed by atoms with Crippen molar-refractivity contribution in [2.45, 2.75) is 0 Å². The predicted octanol–water partition coefficient (Wildman–Crippen LogP) is 14.5. The van der Waals surface area contributed by atoms with Crippen LogP contribution in [0, 0.1) is 0 Å². The van der Waals surface area contributed by atoms with Gasteiger partial charge in [-0.2, -0.15) is 0 Å². The van der Waals surface area contributed by atoms with E-state index in [2.05, 4.69) is 182 Å². The Morgan fingerprint density at radius 3 is 1.65 bits per heavy atom. The summed E-state index contributed by atoms with van der Waals surface area (Å²) < 4.78 is 2.42. The molecule has 0 radical (unpaired) electrons. The molecular formula is C53H33N3S. The zero-order valence-corrected chi connectivity index (χ0v) is 31.6. The van der Waals surface area contributed by atoms with Crippen molar-refractivity contribution in [3.05, 3.63) is 200 Å². The molecule has 266 valence electrons. The van der Waals surface area contributed by atoms with Gasteiger partial charge in [0.1, 0.15) is 0 Å². The van der Waals surface area contributed by atoms with E-state index in [1.807, 2.05) is 18.2 Å². The Labute approximate surface area is 334 Å². The molecule has 9 aromatic carbocycles. The van der Waals surface area contributed by atoms with Gasteiger partial charge in [0.15, 0.2) is 17.5 Å². The molecule has 0 fully saturated rings. The molecule has 0 atom stereocenters. The molecule has 3 nitrogen and oxygen atoms in total. The average molecular weight is 744 g/mol. The van der Waals surface area contributed by atoms with E-state index in [9.17, 15) is 0 Å². The molecule has 11 aromatic rings. The minimum atomic E-state index is 0.647. The average Bonchev–Trinajstić information content (AvgIpc) is 3.68. The van der Waals surface area contributed by atoms with Crippen molar-refractivity contribution in [2.75, 3.05) is 0 Å². The van der Waals surface area contributed by atoms with Gasteiger partial charge in [0.2, 0.25) is 0 Å². The third-order valence-electron chi connectivity index (χ3n) is 11.0. The Hall–Kier alpha value is -7.27. The molecule has 0 amide bonds. The lowest BCUT2D eigenvalue weighted by Crippen LogP contribution is -2.01. The fraction of sp³-hybridized carbons (Fsp3) is 0. The third kappa shape index (κ3) is 5.78. The highest BCUT2D eigenvalue weighted by Crippen LogP contribution is 2.44. The largest absolute Gasteiger partial charge is 0.208 e. The molecule has 0 saturated carbocycles. The maximum absolute atomic E-state index is 5.31. The van der Waals surface area contributed by atoms with E-state index >= 15 is 0 Å². The summed E-state index contributed by atoms with van der Waals surface area (Å²) in [6.45, 7) is 0. The van der Waals surface area contributed by atoms with Crippen LogP contribution >= 0.6 is 11.3 Å². The van der Waals surface area contributed by atoms with E-state index in [1.54, 1.807) is 11.3 Å². The molecule has 2 heterocycles. The molecule has 0 aliphatic rings. The van der Waals surface area contributed by atoms with Gasteiger partial charge in [-0.15, -0.1) is 11.3 Å². The lowest BCUT2D eigenvalue weighted by atomic mass is 9.86. The molecule has 0 saturated heterocycles. The number of thiophene rings is 1. The van der Waals surface area contributed by atoms with E-state index in [0.29, 0.717) is 17.5 Å². The van der Waals surface area contributed by atoms with Crippen LogP contribution in [0.5, 0.6) is 0 Å². The van der Waals surface area contributed by atoms with Crippen molar-refractivity contribution >= 4 is 53.1 Å². The zero-order chi connectivity index (χ0) is 37.7. The second-order valence-electron chi connectivity index (χ2n) is 14.3. The topological polar surface area (TPSA) is 38.7 Å². The van der Waals surface area contributed by atoms with Crippen molar-refractivity contribution in [1.82, 2.24) is 15.0 Å². The quantitative estimate of drug-likeness (QED) is 0.170. The summed E-state index contributed by atoms with van der Waals surface area (Å²) >= 11 is 1.79. The van der Waals surface area contributed by atoms with E-state index in [-0.39, 0.29) is 0 Å². The van der Waals surface area contributed by atoms with Crippen molar-refractivity contribution in [1.29, 1.82) is 0 Å². The second-order valence-corrected chi connectivity index (χ2v) is 15.4. The van der Waals surface area contributed by atoms with Gasteiger partial charge >= 0.3 is 0 Å². The van der Waals surface area contributed by atoms with Gasteiger partial charge in [-0.1, -0.05) is 176 Å². The Morgan fingerprint density at radius 2 is 0.842 bits per heavy atom. The smallest absolute Gasteiger partial charge is 0.165 e. The monoisotopic (exact) mass is 743 g/mol. The van der Waals surface area contributed by atoms with Crippen LogP contribution in [0.3, 0.4) is 0 Å². The summed E-state index contributed by atoms with van der Waals surface area (Å²) in [5, 5.41) is 7.10. The van der Waals surface area contributed by atoms with Crippen LogP contribution in [0.15, 0.2) is 200 Å². The van der Waals surface area contributed by atoms with Crippen molar-refractivity contribution in [3.63, 3.8) is 0 Å². The SMILES string of the molecule is c1ccc(-c2cccc(-c3ccc4ccccc4c3-c3ccc(-c4nc(-c5ccccc5)nc(-c5cccc6c5sc5ccccc56)n4)c4ccccc34)c2)cc1. The molecule has 2 aromatic heterocycles. The van der Waals surface area contributed by atoms with Gasteiger partial charge in [0.25, 0.3) is 0 Å². The van der Waals surface area contributed by atoms with Crippen LogP contribution < -0.4 is 0 Å². The lowest BCUT2D eigenvalue weighted by molar-refractivity contribution is 1.08. The van der Waals surface area contributed by atoms with Crippen LogP contribution in [0.4, 0.5) is 0 Å². The number of aromatic nitrogens is 3. The van der Waals surface area contributed by atoms with Crippen molar-refractivity contribution < 1.29 is 0 Å². The maximum Gasteiger partial charge on any atom is 0.165 e. The van der Waals surface area contributed by atoms with Crippen LogP contribution in [0.2, 0.25) is 0 Å². The van der Waals surface area contributed by atoms with Gasteiger partial charge in [0.05, 0.1) is 0 Å². The minimum Gasteiger partial charge on any atom is -0.208 e. The highest BCUT2D eigenvalue weighted by atomic mass is 32.1. The predicted molar refractivity (Wildman–Crippen MR) is 240 cm³/mol.